The normalized spacial score (nSPS) is 33.6. The van der Waals surface area contributed by atoms with Crippen molar-refractivity contribution in [2.45, 2.75) is 62.3 Å². The minimum Gasteiger partial charge on any atom is -0.497 e. The molecule has 0 aromatic heterocycles. The molecule has 3 aliphatic heterocycles. The molecule has 1 saturated heterocycles. The number of likely N-dealkylation sites (N-methyl/N-ethyl adjacent to an activating group) is 1. The van der Waals surface area contributed by atoms with Crippen molar-refractivity contribution in [1.82, 2.24) is 4.90 Å². The minimum atomic E-state index is -1.69. The van der Waals surface area contributed by atoms with Gasteiger partial charge in [0.2, 0.25) is 0 Å². The molecule has 6 rings (SSSR count). The fourth-order valence-electron chi connectivity index (χ4n) is 8.62. The first kappa shape index (κ1) is 26.8. The highest BCUT2D eigenvalue weighted by molar-refractivity contribution is 5.74. The smallest absolute Gasteiger partial charge is 0.310 e. The van der Waals surface area contributed by atoms with Gasteiger partial charge in [0.1, 0.15) is 18.5 Å². The molecule has 3 heterocycles. The van der Waals surface area contributed by atoms with E-state index in [0.717, 1.165) is 42.1 Å². The molecule has 1 saturated carbocycles. The van der Waals surface area contributed by atoms with Gasteiger partial charge in [-0.2, -0.15) is 0 Å². The average Bonchev–Trinajstić information content (AvgIpc) is 3.46. The second kappa shape index (κ2) is 9.63. The standard InChI is InChI=1S/C32H38N2O6/c1-5-30-14-9-16-34-17-15-31(27(30)34)24-13-12-23(38-4)19-25(24)33(3)28(31)32(37,29(30)40-21(2)35)20-39-26(36)18-22-10-7-6-8-11-22/h6-14,19,27-29,37H,5,15-18,20H2,1-4H3/t27?,28-,29-,30-,31-,32+/m1/s1. The summed E-state index contributed by atoms with van der Waals surface area (Å²) in [6.07, 6.45) is 4.92. The van der Waals surface area contributed by atoms with Crippen molar-refractivity contribution in [3.63, 3.8) is 0 Å². The summed E-state index contributed by atoms with van der Waals surface area (Å²) < 4.78 is 17.6. The first-order chi connectivity index (χ1) is 19.2. The van der Waals surface area contributed by atoms with E-state index in [4.69, 9.17) is 14.2 Å². The summed E-state index contributed by atoms with van der Waals surface area (Å²) in [5.74, 6) is -0.173. The number of carbonyl (C=O) groups excluding carboxylic acids is 2. The van der Waals surface area contributed by atoms with Gasteiger partial charge in [0.05, 0.1) is 19.6 Å². The summed E-state index contributed by atoms with van der Waals surface area (Å²) >= 11 is 0. The molecule has 4 aliphatic rings. The Morgan fingerprint density at radius 1 is 1.12 bits per heavy atom. The van der Waals surface area contributed by atoms with Crippen LogP contribution in [0.4, 0.5) is 5.69 Å². The van der Waals surface area contributed by atoms with Crippen LogP contribution in [-0.2, 0) is 30.9 Å². The molecule has 2 aromatic carbocycles. The van der Waals surface area contributed by atoms with Gasteiger partial charge in [-0.25, -0.2) is 0 Å². The molecule has 212 valence electrons. The third-order valence-corrected chi connectivity index (χ3v) is 9.87. The Bertz CT molecular complexity index is 1350. The Hall–Kier alpha value is -3.36. The number of fused-ring (bicyclic) bond motifs is 1. The van der Waals surface area contributed by atoms with Crippen LogP contribution in [0.3, 0.4) is 0 Å². The Morgan fingerprint density at radius 2 is 1.90 bits per heavy atom. The summed E-state index contributed by atoms with van der Waals surface area (Å²) in [7, 11) is 3.62. The number of anilines is 1. The maximum Gasteiger partial charge on any atom is 0.310 e. The zero-order chi connectivity index (χ0) is 28.3. The minimum absolute atomic E-state index is 0.0123. The number of esters is 2. The van der Waals surface area contributed by atoms with E-state index in [-0.39, 0.29) is 19.1 Å². The lowest BCUT2D eigenvalue weighted by molar-refractivity contribution is -0.232. The van der Waals surface area contributed by atoms with Gasteiger partial charge in [-0.15, -0.1) is 0 Å². The molecule has 0 bridgehead atoms. The van der Waals surface area contributed by atoms with Crippen LogP contribution in [0.25, 0.3) is 0 Å². The molecule has 0 amide bonds. The lowest BCUT2D eigenvalue weighted by Crippen LogP contribution is -2.80. The van der Waals surface area contributed by atoms with Crippen LogP contribution in [0.15, 0.2) is 60.7 Å². The quantitative estimate of drug-likeness (QED) is 0.418. The molecule has 2 fully saturated rings. The van der Waals surface area contributed by atoms with Gasteiger partial charge in [0, 0.05) is 49.1 Å². The van der Waals surface area contributed by atoms with Crippen LogP contribution in [0.2, 0.25) is 0 Å². The van der Waals surface area contributed by atoms with E-state index in [1.165, 1.54) is 6.92 Å². The summed E-state index contributed by atoms with van der Waals surface area (Å²) in [6.45, 7) is 4.83. The third kappa shape index (κ3) is 3.65. The number of hydrogen-bond acceptors (Lipinski definition) is 8. The van der Waals surface area contributed by atoms with Crippen LogP contribution in [0.1, 0.15) is 37.8 Å². The molecule has 8 heteroatoms. The van der Waals surface area contributed by atoms with E-state index < -0.39 is 40.5 Å². The third-order valence-electron chi connectivity index (χ3n) is 9.87. The van der Waals surface area contributed by atoms with Gasteiger partial charge in [0.25, 0.3) is 0 Å². The van der Waals surface area contributed by atoms with E-state index >= 15 is 0 Å². The zero-order valence-corrected chi connectivity index (χ0v) is 23.6. The number of hydrogen-bond donors (Lipinski definition) is 1. The maximum absolute atomic E-state index is 13.1. The van der Waals surface area contributed by atoms with Crippen molar-refractivity contribution in [3.8, 4) is 5.75 Å². The van der Waals surface area contributed by atoms with Gasteiger partial charge in [-0.1, -0.05) is 55.5 Å². The molecular formula is C32H38N2O6. The Labute approximate surface area is 235 Å². The second-order valence-corrected chi connectivity index (χ2v) is 11.8. The van der Waals surface area contributed by atoms with Gasteiger partial charge in [0.15, 0.2) is 5.60 Å². The fourth-order valence-corrected chi connectivity index (χ4v) is 8.62. The van der Waals surface area contributed by atoms with Crippen molar-refractivity contribution < 1.29 is 28.9 Å². The highest BCUT2D eigenvalue weighted by Gasteiger charge is 2.78. The van der Waals surface area contributed by atoms with E-state index in [2.05, 4.69) is 34.9 Å². The monoisotopic (exact) mass is 546 g/mol. The fraction of sp³-hybridized carbons (Fsp3) is 0.500. The molecule has 1 aliphatic carbocycles. The van der Waals surface area contributed by atoms with Gasteiger partial charge in [-0.3, -0.25) is 14.5 Å². The number of benzene rings is 2. The Balaban J connectivity index is 1.50. The lowest BCUT2D eigenvalue weighted by atomic mass is 9.48. The molecular weight excluding hydrogens is 508 g/mol. The predicted octanol–water partition coefficient (Wildman–Crippen LogP) is 3.25. The maximum atomic E-state index is 13.1. The number of rotatable bonds is 7. The summed E-state index contributed by atoms with van der Waals surface area (Å²) in [6, 6.07) is 15.0. The number of aliphatic hydroxyl groups is 1. The predicted molar refractivity (Wildman–Crippen MR) is 150 cm³/mol. The molecule has 1 spiro atoms. The van der Waals surface area contributed by atoms with Crippen LogP contribution >= 0.6 is 0 Å². The van der Waals surface area contributed by atoms with Crippen molar-refractivity contribution >= 4 is 17.6 Å². The zero-order valence-electron chi connectivity index (χ0n) is 23.6. The summed E-state index contributed by atoms with van der Waals surface area (Å²) in [4.78, 5) is 30.3. The summed E-state index contributed by atoms with van der Waals surface area (Å²) in [5, 5.41) is 13.0. The Morgan fingerprint density at radius 3 is 2.60 bits per heavy atom. The molecule has 0 radical (unpaired) electrons. The molecule has 6 atom stereocenters. The van der Waals surface area contributed by atoms with Crippen molar-refractivity contribution in [1.29, 1.82) is 0 Å². The van der Waals surface area contributed by atoms with Gasteiger partial charge >= 0.3 is 11.9 Å². The number of nitrogens with zero attached hydrogens (tertiary/aromatic N) is 2. The van der Waals surface area contributed by atoms with Crippen LogP contribution in [-0.4, -0.2) is 79.6 Å². The van der Waals surface area contributed by atoms with Crippen LogP contribution in [0, 0.1) is 5.41 Å². The van der Waals surface area contributed by atoms with Gasteiger partial charge < -0.3 is 24.2 Å². The van der Waals surface area contributed by atoms with Crippen molar-refractivity contribution in [2.75, 3.05) is 38.8 Å². The van der Waals surface area contributed by atoms with E-state index in [0.29, 0.717) is 6.42 Å². The summed E-state index contributed by atoms with van der Waals surface area (Å²) in [5.41, 5.74) is 0.109. The van der Waals surface area contributed by atoms with Crippen LogP contribution in [0.5, 0.6) is 5.75 Å². The average molecular weight is 547 g/mol. The molecule has 1 N–H and O–H groups in total. The largest absolute Gasteiger partial charge is 0.497 e. The highest BCUT2D eigenvalue weighted by Crippen LogP contribution is 2.67. The van der Waals surface area contributed by atoms with Gasteiger partial charge in [-0.05, 0) is 36.6 Å². The molecule has 2 aromatic rings. The molecule has 40 heavy (non-hydrogen) atoms. The van der Waals surface area contributed by atoms with E-state index in [1.807, 2.05) is 49.5 Å². The van der Waals surface area contributed by atoms with E-state index in [9.17, 15) is 14.7 Å². The van der Waals surface area contributed by atoms with Crippen molar-refractivity contribution in [2.24, 2.45) is 5.41 Å². The van der Waals surface area contributed by atoms with Crippen molar-refractivity contribution in [3.05, 3.63) is 71.8 Å². The first-order valence-electron chi connectivity index (χ1n) is 14.1. The Kier molecular flexibility index (Phi) is 6.46. The van der Waals surface area contributed by atoms with E-state index in [1.54, 1.807) is 7.11 Å². The SMILES string of the molecule is CC[C@]12C=CCN3CC[C@@]4(c5ccc(OC)cc5N(C)[C@H]4[C@@](O)(COC(=O)Cc4ccccc4)[C@@H]1OC(C)=O)C32. The highest BCUT2D eigenvalue weighted by atomic mass is 16.6. The topological polar surface area (TPSA) is 88.5 Å². The molecule has 8 nitrogen and oxygen atoms in total. The number of methoxy groups -OCH3 is 1. The number of ether oxygens (including phenoxy) is 3. The first-order valence-corrected chi connectivity index (χ1v) is 14.1. The van der Waals surface area contributed by atoms with Crippen LogP contribution < -0.4 is 9.64 Å². The second-order valence-electron chi connectivity index (χ2n) is 11.8. The number of carbonyl (C=O) groups is 2. The molecule has 1 unspecified atom stereocenters. The lowest BCUT2D eigenvalue weighted by Gasteiger charge is -2.64.